The van der Waals surface area contributed by atoms with Crippen molar-refractivity contribution in [2.75, 3.05) is 0 Å². The second kappa shape index (κ2) is 5.37. The maximum atomic E-state index is 11.7. The molecule has 1 aliphatic rings. The van der Waals surface area contributed by atoms with Gasteiger partial charge in [-0.25, -0.2) is 0 Å². The number of hydrogen-bond acceptors (Lipinski definition) is 7. The monoisotopic (exact) mass is 326 g/mol. The number of rotatable bonds is 5. The van der Waals surface area contributed by atoms with E-state index in [2.05, 4.69) is 20.6 Å². The van der Waals surface area contributed by atoms with E-state index in [1.54, 1.807) is 6.92 Å². The highest BCUT2D eigenvalue weighted by molar-refractivity contribution is 6.33. The van der Waals surface area contributed by atoms with Gasteiger partial charge in [0.2, 0.25) is 0 Å². The summed E-state index contributed by atoms with van der Waals surface area (Å²) < 4.78 is 6.16. The van der Waals surface area contributed by atoms with Gasteiger partial charge in [-0.05, 0) is 24.7 Å². The molecule has 2 aromatic heterocycles. The topological polar surface area (TPSA) is 129 Å². The highest BCUT2D eigenvalue weighted by Gasteiger charge is 2.28. The number of halogens is 1. The SMILES string of the molecule is Cc1c(Cl)c([N+](=O)[O-])nn1Cc1noc(C(=O)NC2CC2)n1. The van der Waals surface area contributed by atoms with Gasteiger partial charge in [-0.15, -0.1) is 0 Å². The van der Waals surface area contributed by atoms with Crippen molar-refractivity contribution in [3.05, 3.63) is 32.5 Å². The van der Waals surface area contributed by atoms with E-state index < -0.39 is 16.6 Å². The molecule has 1 N–H and O–H groups in total. The van der Waals surface area contributed by atoms with Gasteiger partial charge in [0.1, 0.15) is 6.54 Å². The highest BCUT2D eigenvalue weighted by Crippen LogP contribution is 2.26. The molecule has 2 heterocycles. The summed E-state index contributed by atoms with van der Waals surface area (Å²) in [7, 11) is 0. The Hall–Kier alpha value is -2.49. The number of aromatic nitrogens is 4. The number of amides is 1. The van der Waals surface area contributed by atoms with Gasteiger partial charge in [0.25, 0.3) is 0 Å². The van der Waals surface area contributed by atoms with Crippen molar-refractivity contribution < 1.29 is 14.2 Å². The molecule has 1 saturated carbocycles. The van der Waals surface area contributed by atoms with E-state index in [0.29, 0.717) is 5.69 Å². The number of carbonyl (C=O) groups excluding carboxylic acids is 1. The Labute approximate surface area is 128 Å². The number of nitrogens with one attached hydrogen (secondary N) is 1. The van der Waals surface area contributed by atoms with Crippen LogP contribution in [0.25, 0.3) is 0 Å². The fourth-order valence-electron chi connectivity index (χ4n) is 1.80. The van der Waals surface area contributed by atoms with E-state index in [-0.39, 0.29) is 29.3 Å². The maximum absolute atomic E-state index is 11.7. The normalized spacial score (nSPS) is 14.1. The predicted molar refractivity (Wildman–Crippen MR) is 72.5 cm³/mol. The van der Waals surface area contributed by atoms with Crippen molar-refractivity contribution in [2.24, 2.45) is 0 Å². The molecular weight excluding hydrogens is 316 g/mol. The molecule has 1 fully saturated rings. The number of nitrogens with zero attached hydrogens (tertiary/aromatic N) is 5. The van der Waals surface area contributed by atoms with Gasteiger partial charge in [0.05, 0.1) is 10.8 Å². The van der Waals surface area contributed by atoms with E-state index in [4.69, 9.17) is 16.1 Å². The van der Waals surface area contributed by atoms with Gasteiger partial charge < -0.3 is 20.0 Å². The first-order valence-electron chi connectivity index (χ1n) is 6.46. The van der Waals surface area contributed by atoms with Crippen LogP contribution in [-0.2, 0) is 6.54 Å². The minimum absolute atomic E-state index is 0.0135. The summed E-state index contributed by atoms with van der Waals surface area (Å²) in [4.78, 5) is 25.8. The largest absolute Gasteiger partial charge is 0.408 e. The lowest BCUT2D eigenvalue weighted by Gasteiger charge is -1.96. The first-order chi connectivity index (χ1) is 10.5. The molecule has 10 nitrogen and oxygen atoms in total. The van der Waals surface area contributed by atoms with Crippen LogP contribution in [0.5, 0.6) is 0 Å². The number of nitro groups is 1. The molecule has 1 aliphatic carbocycles. The first-order valence-corrected chi connectivity index (χ1v) is 6.84. The summed E-state index contributed by atoms with van der Waals surface area (Å²) in [5, 5.41) is 20.9. The molecule has 2 aromatic rings. The second-order valence-corrected chi connectivity index (χ2v) is 5.28. The van der Waals surface area contributed by atoms with Gasteiger partial charge in [-0.3, -0.25) is 4.79 Å². The summed E-state index contributed by atoms with van der Waals surface area (Å²) in [6, 6.07) is 0.178. The van der Waals surface area contributed by atoms with Crippen molar-refractivity contribution in [3.63, 3.8) is 0 Å². The molecule has 0 aliphatic heterocycles. The minimum Gasteiger partial charge on any atom is -0.358 e. The molecule has 0 spiro atoms. The minimum atomic E-state index is -0.670. The lowest BCUT2D eigenvalue weighted by Crippen LogP contribution is -2.25. The Morgan fingerprint density at radius 2 is 2.32 bits per heavy atom. The molecule has 11 heteroatoms. The fraction of sp³-hybridized carbons (Fsp3) is 0.455. The molecule has 0 aromatic carbocycles. The van der Waals surface area contributed by atoms with Gasteiger partial charge in [0, 0.05) is 6.04 Å². The first kappa shape index (κ1) is 14.4. The Morgan fingerprint density at radius 1 is 1.59 bits per heavy atom. The lowest BCUT2D eigenvalue weighted by atomic mass is 10.4. The molecule has 22 heavy (non-hydrogen) atoms. The second-order valence-electron chi connectivity index (χ2n) is 4.90. The van der Waals surface area contributed by atoms with Crippen molar-refractivity contribution in [3.8, 4) is 0 Å². The van der Waals surface area contributed by atoms with Crippen molar-refractivity contribution in [1.29, 1.82) is 0 Å². The third-order valence-corrected chi connectivity index (χ3v) is 3.60. The Morgan fingerprint density at radius 3 is 2.91 bits per heavy atom. The molecule has 0 atom stereocenters. The molecule has 0 radical (unpaired) electrons. The van der Waals surface area contributed by atoms with Crippen molar-refractivity contribution in [2.45, 2.75) is 32.4 Å². The standard InChI is InChI=1S/C11H11ClN6O4/c1-5-8(12)9(18(20)21)15-17(5)4-7-14-11(22-16-7)10(19)13-6-2-3-6/h6H,2-4H2,1H3,(H,13,19). The van der Waals surface area contributed by atoms with Crippen LogP contribution in [0.3, 0.4) is 0 Å². The molecule has 1 amide bonds. The molecular formula is C11H11ClN6O4. The van der Waals surface area contributed by atoms with Gasteiger partial charge in [-0.2, -0.15) is 9.67 Å². The smallest absolute Gasteiger partial charge is 0.358 e. The van der Waals surface area contributed by atoms with Gasteiger partial charge in [-0.1, -0.05) is 16.8 Å². The fourth-order valence-corrected chi connectivity index (χ4v) is 2.00. The van der Waals surface area contributed by atoms with E-state index in [1.165, 1.54) is 4.68 Å². The Kier molecular flexibility index (Phi) is 3.53. The van der Waals surface area contributed by atoms with E-state index >= 15 is 0 Å². The van der Waals surface area contributed by atoms with Crippen LogP contribution in [0.4, 0.5) is 5.82 Å². The van der Waals surface area contributed by atoms with Gasteiger partial charge in [0.15, 0.2) is 10.8 Å². The van der Waals surface area contributed by atoms with Crippen LogP contribution in [0.1, 0.15) is 35.0 Å². The zero-order valence-corrected chi connectivity index (χ0v) is 12.2. The molecule has 0 unspecified atom stereocenters. The highest BCUT2D eigenvalue weighted by atomic mass is 35.5. The van der Waals surface area contributed by atoms with Crippen LogP contribution in [0.15, 0.2) is 4.52 Å². The predicted octanol–water partition coefficient (Wildman–Crippen LogP) is 1.08. The Balaban J connectivity index is 1.76. The average Bonchev–Trinajstić information content (AvgIpc) is 3.08. The summed E-state index contributed by atoms with van der Waals surface area (Å²) in [5.41, 5.74) is 0.405. The maximum Gasteiger partial charge on any atom is 0.408 e. The van der Waals surface area contributed by atoms with Gasteiger partial charge >= 0.3 is 17.6 Å². The summed E-state index contributed by atoms with van der Waals surface area (Å²) in [6.45, 7) is 1.60. The van der Waals surface area contributed by atoms with Crippen LogP contribution in [-0.4, -0.2) is 36.8 Å². The summed E-state index contributed by atoms with van der Waals surface area (Å²) in [5.74, 6) is -0.831. The third kappa shape index (κ3) is 2.77. The van der Waals surface area contributed by atoms with E-state index in [9.17, 15) is 14.9 Å². The average molecular weight is 327 g/mol. The number of hydrogen-bond donors (Lipinski definition) is 1. The zero-order chi connectivity index (χ0) is 15.9. The summed E-state index contributed by atoms with van der Waals surface area (Å²) >= 11 is 5.84. The number of carbonyl (C=O) groups is 1. The molecule has 3 rings (SSSR count). The zero-order valence-electron chi connectivity index (χ0n) is 11.4. The van der Waals surface area contributed by atoms with Crippen LogP contribution < -0.4 is 5.32 Å². The quantitative estimate of drug-likeness (QED) is 0.642. The third-order valence-electron chi connectivity index (χ3n) is 3.16. The van der Waals surface area contributed by atoms with Crippen molar-refractivity contribution >= 4 is 23.3 Å². The van der Waals surface area contributed by atoms with E-state index in [0.717, 1.165) is 12.8 Å². The van der Waals surface area contributed by atoms with Crippen LogP contribution in [0, 0.1) is 17.0 Å². The van der Waals surface area contributed by atoms with Crippen LogP contribution >= 0.6 is 11.6 Å². The summed E-state index contributed by atoms with van der Waals surface area (Å²) in [6.07, 6.45) is 1.89. The molecule has 0 bridgehead atoms. The molecule has 116 valence electrons. The Bertz CT molecular complexity index is 750. The van der Waals surface area contributed by atoms with E-state index in [1.807, 2.05) is 0 Å². The van der Waals surface area contributed by atoms with Crippen molar-refractivity contribution in [1.82, 2.24) is 25.2 Å². The van der Waals surface area contributed by atoms with Crippen LogP contribution in [0.2, 0.25) is 5.02 Å². The molecule has 0 saturated heterocycles. The lowest BCUT2D eigenvalue weighted by molar-refractivity contribution is -0.389.